The van der Waals surface area contributed by atoms with Crippen LogP contribution < -0.4 is 0 Å². The zero-order chi connectivity index (χ0) is 13.9. The van der Waals surface area contributed by atoms with Crippen molar-refractivity contribution in [1.29, 1.82) is 0 Å². The second-order valence-electron chi connectivity index (χ2n) is 4.43. The van der Waals surface area contributed by atoms with Crippen molar-refractivity contribution in [2.45, 2.75) is 24.0 Å². The quantitative estimate of drug-likeness (QED) is 0.899. The summed E-state index contributed by atoms with van der Waals surface area (Å²) in [4.78, 5) is 0.196. The van der Waals surface area contributed by atoms with Crippen LogP contribution in [0.1, 0.15) is 18.1 Å². The van der Waals surface area contributed by atoms with Crippen molar-refractivity contribution in [3.63, 3.8) is 0 Å². The minimum Gasteiger partial charge on any atom is -0.388 e. The van der Waals surface area contributed by atoms with Crippen LogP contribution in [-0.2, 0) is 16.4 Å². The Bertz CT molecular complexity index is 635. The van der Waals surface area contributed by atoms with E-state index < -0.39 is 15.9 Å². The maximum atomic E-state index is 11.3. The molecule has 0 aliphatic heterocycles. The molecule has 1 unspecified atom stereocenters. The van der Waals surface area contributed by atoms with Gasteiger partial charge < -0.3 is 5.11 Å². The highest BCUT2D eigenvalue weighted by molar-refractivity contribution is 7.90. The van der Waals surface area contributed by atoms with E-state index in [0.717, 1.165) is 11.8 Å². The third-order valence-corrected chi connectivity index (χ3v) is 3.92. The lowest BCUT2D eigenvalue weighted by molar-refractivity contribution is 0.159. The number of benzene rings is 1. The lowest BCUT2D eigenvalue weighted by atomic mass is 10.1. The van der Waals surface area contributed by atoms with Gasteiger partial charge in [-0.2, -0.15) is 5.10 Å². The van der Waals surface area contributed by atoms with E-state index in [4.69, 9.17) is 0 Å². The summed E-state index contributed by atoms with van der Waals surface area (Å²) in [5, 5.41) is 14.0. The van der Waals surface area contributed by atoms with E-state index in [1.807, 2.05) is 30.3 Å². The van der Waals surface area contributed by atoms with Crippen LogP contribution in [0.2, 0.25) is 0 Å². The molecule has 6 heteroatoms. The molecule has 1 atom stereocenters. The van der Waals surface area contributed by atoms with Gasteiger partial charge in [-0.3, -0.25) is 4.68 Å². The summed E-state index contributed by atoms with van der Waals surface area (Å²) >= 11 is 0. The van der Waals surface area contributed by atoms with E-state index in [0.29, 0.717) is 13.0 Å². The monoisotopic (exact) mass is 280 g/mol. The largest absolute Gasteiger partial charge is 0.388 e. The molecule has 2 rings (SSSR count). The van der Waals surface area contributed by atoms with E-state index in [-0.39, 0.29) is 4.90 Å². The topological polar surface area (TPSA) is 72.2 Å². The van der Waals surface area contributed by atoms with Crippen LogP contribution in [0.15, 0.2) is 47.6 Å². The summed E-state index contributed by atoms with van der Waals surface area (Å²) in [5.41, 5.74) is 0.845. The van der Waals surface area contributed by atoms with Gasteiger partial charge in [0.25, 0.3) is 0 Å². The zero-order valence-corrected chi connectivity index (χ0v) is 11.4. The van der Waals surface area contributed by atoms with Gasteiger partial charge in [0.2, 0.25) is 0 Å². The average Bonchev–Trinajstić information content (AvgIpc) is 2.86. The van der Waals surface area contributed by atoms with E-state index in [1.54, 1.807) is 0 Å². The highest BCUT2D eigenvalue weighted by Crippen LogP contribution is 2.17. The predicted molar refractivity (Wildman–Crippen MR) is 71.4 cm³/mol. The molecule has 1 aromatic heterocycles. The van der Waals surface area contributed by atoms with Gasteiger partial charge in [0.1, 0.15) is 4.90 Å². The normalized spacial score (nSPS) is 13.4. The first-order valence-electron chi connectivity index (χ1n) is 5.92. The fourth-order valence-corrected chi connectivity index (χ4v) is 2.31. The maximum Gasteiger partial charge on any atom is 0.178 e. The van der Waals surface area contributed by atoms with E-state index >= 15 is 0 Å². The number of hydrogen-bond donors (Lipinski definition) is 1. The molecule has 1 N–H and O–H groups in total. The first kappa shape index (κ1) is 13.8. The number of aliphatic hydroxyl groups is 1. The molecule has 102 valence electrons. The van der Waals surface area contributed by atoms with Gasteiger partial charge in [-0.25, -0.2) is 8.42 Å². The van der Waals surface area contributed by atoms with Crippen molar-refractivity contribution >= 4 is 9.84 Å². The molecule has 0 saturated heterocycles. The molecular formula is C13H16N2O3S. The second-order valence-corrected chi connectivity index (χ2v) is 6.44. The third kappa shape index (κ3) is 3.65. The minimum absolute atomic E-state index is 0.196. The maximum absolute atomic E-state index is 11.3. The summed E-state index contributed by atoms with van der Waals surface area (Å²) < 4.78 is 24.1. The molecule has 0 radical (unpaired) electrons. The van der Waals surface area contributed by atoms with Crippen molar-refractivity contribution in [3.8, 4) is 0 Å². The fraction of sp³-hybridized carbons (Fsp3) is 0.308. The van der Waals surface area contributed by atoms with Crippen molar-refractivity contribution < 1.29 is 13.5 Å². The molecule has 0 bridgehead atoms. The number of aromatic nitrogens is 2. The third-order valence-electron chi connectivity index (χ3n) is 2.85. The average molecular weight is 280 g/mol. The first-order chi connectivity index (χ1) is 8.97. The van der Waals surface area contributed by atoms with Crippen molar-refractivity contribution in [2.24, 2.45) is 0 Å². The Morgan fingerprint density at radius 1 is 1.32 bits per heavy atom. The van der Waals surface area contributed by atoms with Crippen molar-refractivity contribution in [2.75, 3.05) is 6.26 Å². The van der Waals surface area contributed by atoms with Gasteiger partial charge in [-0.1, -0.05) is 30.3 Å². The Hall–Kier alpha value is -1.66. The predicted octanol–water partition coefficient (Wildman–Crippen LogP) is 1.41. The standard InChI is InChI=1S/C13H16N2O3S/c1-19(17,18)12-9-14-15(10-12)8-7-13(16)11-5-3-2-4-6-11/h2-6,9-10,13,16H,7-8H2,1H3. The number of hydrogen-bond acceptors (Lipinski definition) is 4. The zero-order valence-electron chi connectivity index (χ0n) is 10.6. The lowest BCUT2D eigenvalue weighted by Crippen LogP contribution is -2.05. The minimum atomic E-state index is -3.22. The first-order valence-corrected chi connectivity index (χ1v) is 7.81. The Morgan fingerprint density at radius 2 is 2.00 bits per heavy atom. The molecule has 0 aliphatic carbocycles. The molecule has 0 spiro atoms. The molecule has 1 aromatic carbocycles. The molecule has 2 aromatic rings. The van der Waals surface area contributed by atoms with Gasteiger partial charge in [-0.15, -0.1) is 0 Å². The number of nitrogens with zero attached hydrogens (tertiary/aromatic N) is 2. The van der Waals surface area contributed by atoms with Gasteiger partial charge in [0.05, 0.1) is 12.3 Å². The summed E-state index contributed by atoms with van der Waals surface area (Å²) in [6, 6.07) is 9.34. The van der Waals surface area contributed by atoms with Gasteiger partial charge >= 0.3 is 0 Å². The van der Waals surface area contributed by atoms with Gasteiger partial charge in [0.15, 0.2) is 9.84 Å². The summed E-state index contributed by atoms with van der Waals surface area (Å²) in [6.45, 7) is 0.464. The van der Waals surface area contributed by atoms with Gasteiger partial charge in [-0.05, 0) is 12.0 Å². The van der Waals surface area contributed by atoms with Crippen LogP contribution in [-0.4, -0.2) is 29.6 Å². The number of aryl methyl sites for hydroxylation is 1. The van der Waals surface area contributed by atoms with Crippen LogP contribution >= 0.6 is 0 Å². The van der Waals surface area contributed by atoms with Crippen molar-refractivity contribution in [3.05, 3.63) is 48.3 Å². The van der Waals surface area contributed by atoms with Crippen molar-refractivity contribution in [1.82, 2.24) is 9.78 Å². The number of rotatable bonds is 5. The van der Waals surface area contributed by atoms with Crippen LogP contribution in [0.5, 0.6) is 0 Å². The van der Waals surface area contributed by atoms with Crippen LogP contribution in [0.3, 0.4) is 0 Å². The number of sulfone groups is 1. The van der Waals surface area contributed by atoms with E-state index in [1.165, 1.54) is 17.1 Å². The SMILES string of the molecule is CS(=O)(=O)c1cnn(CCC(O)c2ccccc2)c1. The second kappa shape index (κ2) is 5.54. The van der Waals surface area contributed by atoms with E-state index in [2.05, 4.69) is 5.10 Å². The number of aliphatic hydroxyl groups excluding tert-OH is 1. The summed E-state index contributed by atoms with van der Waals surface area (Å²) in [7, 11) is -3.22. The fourth-order valence-electron chi connectivity index (χ4n) is 1.75. The molecule has 0 aliphatic rings. The summed E-state index contributed by atoms with van der Waals surface area (Å²) in [6.07, 6.45) is 3.85. The smallest absolute Gasteiger partial charge is 0.178 e. The molecule has 5 nitrogen and oxygen atoms in total. The van der Waals surface area contributed by atoms with E-state index in [9.17, 15) is 13.5 Å². The Balaban J connectivity index is 1.98. The lowest BCUT2D eigenvalue weighted by Gasteiger charge is -2.10. The van der Waals surface area contributed by atoms with Gasteiger partial charge in [0, 0.05) is 19.0 Å². The Morgan fingerprint density at radius 3 is 2.58 bits per heavy atom. The Kier molecular flexibility index (Phi) is 4.01. The highest BCUT2D eigenvalue weighted by atomic mass is 32.2. The van der Waals surface area contributed by atoms with Crippen LogP contribution in [0, 0.1) is 0 Å². The highest BCUT2D eigenvalue weighted by Gasteiger charge is 2.11. The molecule has 0 saturated carbocycles. The van der Waals surface area contributed by atoms with Crippen LogP contribution in [0.25, 0.3) is 0 Å². The molecule has 1 heterocycles. The van der Waals surface area contributed by atoms with Crippen LogP contribution in [0.4, 0.5) is 0 Å². The Labute approximate surface area is 112 Å². The molecule has 0 fully saturated rings. The molecule has 0 amide bonds. The summed E-state index contributed by atoms with van der Waals surface area (Å²) in [5.74, 6) is 0. The molecule has 19 heavy (non-hydrogen) atoms. The molecular weight excluding hydrogens is 264 g/mol.